The third kappa shape index (κ3) is 4.09. The number of anilines is 2. The molecule has 59 heavy (non-hydrogen) atoms. The molecule has 8 aromatic carbocycles. The lowest BCUT2D eigenvalue weighted by Crippen LogP contribution is -2.60. The lowest BCUT2D eigenvalue weighted by molar-refractivity contribution is 0.590. The Morgan fingerprint density at radius 1 is 0.542 bits per heavy atom. The molecule has 14 rings (SSSR count). The first-order chi connectivity index (χ1) is 28.8. The summed E-state index contributed by atoms with van der Waals surface area (Å²) in [4.78, 5) is 2.64. The predicted octanol–water partition coefficient (Wildman–Crippen LogP) is 13.8. The second-order valence-electron chi connectivity index (χ2n) is 17.7. The van der Waals surface area contributed by atoms with Crippen molar-refractivity contribution in [3.8, 4) is 16.8 Å². The van der Waals surface area contributed by atoms with Crippen LogP contribution in [0.15, 0.2) is 148 Å². The van der Waals surface area contributed by atoms with Crippen LogP contribution in [0.4, 0.5) is 11.4 Å². The first-order valence-electron chi connectivity index (χ1n) is 20.5. The van der Waals surface area contributed by atoms with Crippen LogP contribution in [0.2, 0.25) is 0 Å². The van der Waals surface area contributed by atoms with Gasteiger partial charge in [0.25, 0.3) is 0 Å². The molecule has 0 atom stereocenters. The van der Waals surface area contributed by atoms with E-state index in [9.17, 15) is 0 Å². The molecule has 2 aliphatic rings. The van der Waals surface area contributed by atoms with Crippen molar-refractivity contribution in [1.82, 2.24) is 4.57 Å². The fourth-order valence-electron chi connectivity index (χ4n) is 10.7. The van der Waals surface area contributed by atoms with Crippen LogP contribution in [0.5, 0.6) is 0 Å². The van der Waals surface area contributed by atoms with Gasteiger partial charge < -0.3 is 18.2 Å². The van der Waals surface area contributed by atoms with Crippen LogP contribution >= 0.6 is 11.3 Å². The number of thiophene rings is 1. The molecular formula is C53H35BN2O2S. The van der Waals surface area contributed by atoms with Crippen molar-refractivity contribution in [2.45, 2.75) is 33.1 Å². The molecule has 12 aromatic rings. The second-order valence-corrected chi connectivity index (χ2v) is 18.8. The number of benzene rings is 8. The molecule has 6 heterocycles. The summed E-state index contributed by atoms with van der Waals surface area (Å²) in [6.45, 7) is 9.07. The molecule has 0 radical (unpaired) electrons. The summed E-state index contributed by atoms with van der Waals surface area (Å²) in [6.07, 6.45) is 0. The average molecular weight is 775 g/mol. The van der Waals surface area contributed by atoms with Gasteiger partial charge in [-0.25, -0.2) is 0 Å². The average Bonchev–Trinajstić information content (AvgIpc) is 3.99. The molecular weight excluding hydrogens is 739 g/mol. The minimum Gasteiger partial charge on any atom is -0.456 e. The van der Waals surface area contributed by atoms with Gasteiger partial charge >= 0.3 is 6.85 Å². The van der Waals surface area contributed by atoms with Crippen molar-refractivity contribution in [2.75, 3.05) is 4.81 Å². The Balaban J connectivity index is 1.19. The van der Waals surface area contributed by atoms with E-state index in [0.29, 0.717) is 0 Å². The first kappa shape index (κ1) is 32.2. The summed E-state index contributed by atoms with van der Waals surface area (Å²) < 4.78 is 18.4. The number of aromatic nitrogens is 1. The summed E-state index contributed by atoms with van der Waals surface area (Å²) in [5.41, 5.74) is 17.4. The van der Waals surface area contributed by atoms with E-state index in [1.807, 2.05) is 11.3 Å². The number of hydrogen-bond acceptors (Lipinski definition) is 4. The van der Waals surface area contributed by atoms with Gasteiger partial charge in [0.2, 0.25) is 0 Å². The topological polar surface area (TPSA) is 34.5 Å². The maximum atomic E-state index is 6.63. The Labute approximate surface area is 343 Å². The normalized spacial score (nSPS) is 13.7. The van der Waals surface area contributed by atoms with Gasteiger partial charge in [-0.1, -0.05) is 99.6 Å². The molecule has 2 aliphatic heterocycles. The highest BCUT2D eigenvalue weighted by atomic mass is 32.1. The fraction of sp³-hybridized carbons (Fsp3) is 0.0943. The van der Waals surface area contributed by atoms with Gasteiger partial charge in [0.1, 0.15) is 22.3 Å². The van der Waals surface area contributed by atoms with Gasteiger partial charge in [0.05, 0.1) is 11.0 Å². The molecule has 0 unspecified atom stereocenters. The molecule has 0 N–H and O–H groups in total. The zero-order valence-electron chi connectivity index (χ0n) is 33.0. The van der Waals surface area contributed by atoms with E-state index in [-0.39, 0.29) is 12.3 Å². The van der Waals surface area contributed by atoms with Gasteiger partial charge in [-0.15, -0.1) is 11.3 Å². The zero-order valence-corrected chi connectivity index (χ0v) is 33.8. The molecule has 6 heteroatoms. The van der Waals surface area contributed by atoms with Crippen LogP contribution < -0.4 is 15.7 Å². The monoisotopic (exact) mass is 774 g/mol. The first-order valence-corrected chi connectivity index (χ1v) is 21.3. The van der Waals surface area contributed by atoms with Gasteiger partial charge in [-0.3, -0.25) is 0 Å². The molecule has 0 spiro atoms. The molecule has 0 saturated carbocycles. The lowest BCUT2D eigenvalue weighted by atomic mass is 9.43. The highest BCUT2D eigenvalue weighted by Gasteiger charge is 2.45. The number of furan rings is 2. The Bertz CT molecular complexity index is 3850. The lowest BCUT2D eigenvalue weighted by Gasteiger charge is -2.42. The largest absolute Gasteiger partial charge is 0.456 e. The van der Waals surface area contributed by atoms with Crippen molar-refractivity contribution in [1.29, 1.82) is 0 Å². The van der Waals surface area contributed by atoms with Gasteiger partial charge in [0.15, 0.2) is 0 Å². The van der Waals surface area contributed by atoms with Crippen LogP contribution in [0, 0.1) is 6.92 Å². The minimum absolute atomic E-state index is 0.0327. The van der Waals surface area contributed by atoms with Crippen LogP contribution in [-0.4, -0.2) is 11.4 Å². The Hall–Kier alpha value is -6.76. The maximum absolute atomic E-state index is 6.63. The molecule has 0 saturated heterocycles. The molecule has 4 nitrogen and oxygen atoms in total. The van der Waals surface area contributed by atoms with Crippen LogP contribution in [0.1, 0.15) is 31.9 Å². The molecule has 278 valence electrons. The Kier molecular flexibility index (Phi) is 5.92. The smallest absolute Gasteiger partial charge is 0.333 e. The van der Waals surface area contributed by atoms with E-state index in [4.69, 9.17) is 8.83 Å². The minimum atomic E-state index is -0.101. The number of para-hydroxylation sites is 2. The summed E-state index contributed by atoms with van der Waals surface area (Å²) in [7, 11) is 0. The number of hydrogen-bond donors (Lipinski definition) is 0. The molecule has 0 amide bonds. The predicted molar refractivity (Wildman–Crippen MR) is 251 cm³/mol. The Morgan fingerprint density at radius 3 is 1.97 bits per heavy atom. The van der Waals surface area contributed by atoms with E-state index >= 15 is 0 Å². The van der Waals surface area contributed by atoms with Gasteiger partial charge in [0, 0.05) is 75.1 Å². The summed E-state index contributed by atoms with van der Waals surface area (Å²) in [6, 6.07) is 52.0. The Morgan fingerprint density at radius 2 is 1.22 bits per heavy atom. The summed E-state index contributed by atoms with van der Waals surface area (Å²) >= 11 is 1.89. The van der Waals surface area contributed by atoms with Gasteiger partial charge in [-0.2, -0.15) is 0 Å². The quantitative estimate of drug-likeness (QED) is 0.156. The van der Waals surface area contributed by atoms with E-state index < -0.39 is 0 Å². The molecule has 4 aromatic heterocycles. The van der Waals surface area contributed by atoms with E-state index in [2.05, 4.69) is 177 Å². The van der Waals surface area contributed by atoms with E-state index in [0.717, 1.165) is 43.9 Å². The van der Waals surface area contributed by atoms with Crippen molar-refractivity contribution in [3.63, 3.8) is 0 Å². The third-order valence-corrected chi connectivity index (χ3v) is 14.5. The number of nitrogens with zero attached hydrogens (tertiary/aromatic N) is 2. The van der Waals surface area contributed by atoms with Crippen molar-refractivity contribution < 1.29 is 8.83 Å². The van der Waals surface area contributed by atoms with Gasteiger partial charge in [-0.05, 0) is 101 Å². The van der Waals surface area contributed by atoms with E-state index in [1.165, 1.54) is 92.2 Å². The maximum Gasteiger partial charge on any atom is 0.333 e. The van der Waals surface area contributed by atoms with Crippen molar-refractivity contribution >= 4 is 126 Å². The standard InChI is InChI=1S/C53H35BN2O2S/c1-28-21-38-34-25-46-36(32-12-6-9-15-45(32)57-46)24-42(34)56(30-19-17-29(18-20-30)53(2,3)4)54-40-22-37-33-13-7-10-16-48(33)59-49(37)27-43(40)55-41-23-35-31-11-5-8-14-44(31)58-47(35)26-39(41)50(28)52(55)51(38)54/h5-27H,1-4H3. The molecule has 0 aliphatic carbocycles. The zero-order chi connectivity index (χ0) is 39.1. The van der Waals surface area contributed by atoms with Crippen molar-refractivity contribution in [2.24, 2.45) is 0 Å². The van der Waals surface area contributed by atoms with Crippen LogP contribution in [-0.2, 0) is 5.41 Å². The SMILES string of the molecule is Cc1cc2c3c4c1c1cc5oc6ccccc6c5cc1n4-c1cc4sc5ccccc5c4cc1B3N(c1ccc(C(C)(C)C)cc1)c1cc3c(cc1-2)oc1ccccc13. The van der Waals surface area contributed by atoms with Crippen molar-refractivity contribution in [3.05, 3.63) is 151 Å². The summed E-state index contributed by atoms with van der Waals surface area (Å²) in [5.74, 6) is 0. The van der Waals surface area contributed by atoms with E-state index in [1.54, 1.807) is 0 Å². The van der Waals surface area contributed by atoms with Crippen LogP contribution in [0.25, 0.3) is 103 Å². The number of fused-ring (bicyclic) bond motifs is 17. The molecule has 0 fully saturated rings. The van der Waals surface area contributed by atoms with Crippen LogP contribution in [0.3, 0.4) is 0 Å². The number of aryl methyl sites for hydroxylation is 1. The second kappa shape index (κ2) is 10.8. The fourth-order valence-corrected chi connectivity index (χ4v) is 11.9. The third-order valence-electron chi connectivity index (χ3n) is 13.4. The number of rotatable bonds is 1. The highest BCUT2D eigenvalue weighted by Crippen LogP contribution is 2.50. The molecule has 0 bridgehead atoms. The highest BCUT2D eigenvalue weighted by molar-refractivity contribution is 7.26. The summed E-state index contributed by atoms with van der Waals surface area (Å²) in [5, 5.41) is 9.67.